The van der Waals surface area contributed by atoms with Gasteiger partial charge in [-0.1, -0.05) is 26.2 Å². The van der Waals surface area contributed by atoms with Crippen LogP contribution in [0.25, 0.3) is 0 Å². The van der Waals surface area contributed by atoms with Gasteiger partial charge in [-0.25, -0.2) is 4.68 Å². The Balaban J connectivity index is 1.63. The summed E-state index contributed by atoms with van der Waals surface area (Å²) in [6.45, 7) is 5.66. The minimum atomic E-state index is 0.544. The zero-order chi connectivity index (χ0) is 13.1. The molecule has 0 bridgehead atoms. The molecule has 0 amide bonds. The molecular weight excluding hydrogens is 238 g/mol. The van der Waals surface area contributed by atoms with Gasteiger partial charge in [0.1, 0.15) is 0 Å². The Labute approximate surface area is 115 Å². The smallest absolute Gasteiger partial charge is 0.165 e. The predicted octanol–water partition coefficient (Wildman–Crippen LogP) is 2.41. The van der Waals surface area contributed by atoms with Crippen molar-refractivity contribution >= 4 is 0 Å². The third-order valence-corrected chi connectivity index (χ3v) is 4.72. The summed E-state index contributed by atoms with van der Waals surface area (Å²) in [6.07, 6.45) is 9.13. The summed E-state index contributed by atoms with van der Waals surface area (Å²) in [4.78, 5) is 2.50. The van der Waals surface area contributed by atoms with Gasteiger partial charge < -0.3 is 0 Å². The molecule has 0 aromatic carbocycles. The van der Waals surface area contributed by atoms with Crippen LogP contribution < -0.4 is 0 Å². The van der Waals surface area contributed by atoms with Crippen LogP contribution in [0.2, 0.25) is 0 Å². The summed E-state index contributed by atoms with van der Waals surface area (Å²) in [6, 6.07) is 0.544. The van der Waals surface area contributed by atoms with E-state index in [1.54, 1.807) is 0 Å². The zero-order valence-electron chi connectivity index (χ0n) is 12.0. The largest absolute Gasteiger partial charge is 0.296 e. The lowest BCUT2D eigenvalue weighted by Gasteiger charge is -2.30. The highest BCUT2D eigenvalue weighted by Crippen LogP contribution is 2.28. The Morgan fingerprint density at radius 3 is 2.53 bits per heavy atom. The maximum atomic E-state index is 4.26. The topological polar surface area (TPSA) is 46.8 Å². The maximum absolute atomic E-state index is 4.26. The van der Waals surface area contributed by atoms with Crippen LogP contribution in [0.3, 0.4) is 0 Å². The number of rotatable bonds is 3. The van der Waals surface area contributed by atoms with Crippen molar-refractivity contribution in [2.45, 2.75) is 64.5 Å². The van der Waals surface area contributed by atoms with Crippen LogP contribution >= 0.6 is 0 Å². The minimum absolute atomic E-state index is 0.544. The average Bonchev–Trinajstić information content (AvgIpc) is 2.90. The summed E-state index contributed by atoms with van der Waals surface area (Å²) < 4.78 is 2.11. The van der Waals surface area contributed by atoms with Gasteiger partial charge >= 0.3 is 0 Å². The molecule has 2 heterocycles. The van der Waals surface area contributed by atoms with Crippen molar-refractivity contribution in [3.05, 3.63) is 5.82 Å². The van der Waals surface area contributed by atoms with Crippen LogP contribution in [-0.2, 0) is 6.54 Å². The lowest BCUT2D eigenvalue weighted by molar-refractivity contribution is 0.175. The van der Waals surface area contributed by atoms with Gasteiger partial charge in [-0.2, -0.15) is 0 Å². The third-order valence-electron chi connectivity index (χ3n) is 4.72. The second-order valence-corrected chi connectivity index (χ2v) is 6.29. The first-order valence-electron chi connectivity index (χ1n) is 7.82. The van der Waals surface area contributed by atoms with E-state index in [4.69, 9.17) is 0 Å². The van der Waals surface area contributed by atoms with Gasteiger partial charge in [0.05, 0.1) is 12.6 Å². The summed E-state index contributed by atoms with van der Waals surface area (Å²) >= 11 is 0. The summed E-state index contributed by atoms with van der Waals surface area (Å²) in [5, 5.41) is 12.4. The molecule has 0 N–H and O–H groups in total. The van der Waals surface area contributed by atoms with E-state index in [0.717, 1.165) is 18.3 Å². The number of piperidine rings is 1. The van der Waals surface area contributed by atoms with E-state index in [9.17, 15) is 0 Å². The Bertz CT molecular complexity index is 388. The van der Waals surface area contributed by atoms with Gasteiger partial charge in [-0.05, 0) is 55.1 Å². The lowest BCUT2D eigenvalue weighted by Crippen LogP contribution is -2.33. The first-order valence-corrected chi connectivity index (χ1v) is 7.82. The van der Waals surface area contributed by atoms with Gasteiger partial charge in [0.2, 0.25) is 0 Å². The van der Waals surface area contributed by atoms with E-state index in [-0.39, 0.29) is 0 Å². The Morgan fingerprint density at radius 2 is 1.79 bits per heavy atom. The Hall–Kier alpha value is -0.970. The highest BCUT2D eigenvalue weighted by Gasteiger charge is 2.22. The molecule has 1 aromatic heterocycles. The van der Waals surface area contributed by atoms with Gasteiger partial charge in [0.25, 0.3) is 0 Å². The fourth-order valence-electron chi connectivity index (χ4n) is 3.35. The quantitative estimate of drug-likeness (QED) is 0.840. The summed E-state index contributed by atoms with van der Waals surface area (Å²) in [5.74, 6) is 1.95. The molecule has 3 rings (SSSR count). The van der Waals surface area contributed by atoms with Crippen LogP contribution in [0.4, 0.5) is 0 Å². The molecule has 2 fully saturated rings. The molecule has 0 radical (unpaired) electrons. The highest BCUT2D eigenvalue weighted by molar-refractivity contribution is 4.87. The predicted molar refractivity (Wildman–Crippen MR) is 73.6 cm³/mol. The highest BCUT2D eigenvalue weighted by atomic mass is 15.6. The van der Waals surface area contributed by atoms with E-state index < -0.39 is 0 Å². The summed E-state index contributed by atoms with van der Waals surface area (Å²) in [7, 11) is 0. The van der Waals surface area contributed by atoms with Crippen molar-refractivity contribution in [1.82, 2.24) is 25.1 Å². The van der Waals surface area contributed by atoms with Gasteiger partial charge in [-0.15, -0.1) is 5.10 Å². The van der Waals surface area contributed by atoms with Crippen molar-refractivity contribution in [3.63, 3.8) is 0 Å². The van der Waals surface area contributed by atoms with Crippen LogP contribution in [0, 0.1) is 5.92 Å². The van der Waals surface area contributed by atoms with Crippen molar-refractivity contribution in [2.75, 3.05) is 13.1 Å². The molecule has 19 heavy (non-hydrogen) atoms. The average molecular weight is 263 g/mol. The molecule has 5 nitrogen and oxygen atoms in total. The molecular formula is C14H25N5. The standard InChI is InChI=1S/C14H25N5/c1-12-7-9-18(10-8-12)11-14-15-16-17-19(14)13-5-3-2-4-6-13/h12-13H,2-11H2,1H3. The number of nitrogens with zero attached hydrogens (tertiary/aromatic N) is 5. The number of tetrazole rings is 1. The molecule has 0 spiro atoms. The van der Waals surface area contributed by atoms with Crippen molar-refractivity contribution in [1.29, 1.82) is 0 Å². The van der Waals surface area contributed by atoms with Crippen LogP contribution in [-0.4, -0.2) is 38.2 Å². The Morgan fingerprint density at radius 1 is 1.05 bits per heavy atom. The number of likely N-dealkylation sites (tertiary alicyclic amines) is 1. The minimum Gasteiger partial charge on any atom is -0.296 e. The number of hydrogen-bond acceptors (Lipinski definition) is 4. The second-order valence-electron chi connectivity index (χ2n) is 6.29. The molecule has 106 valence electrons. The maximum Gasteiger partial charge on any atom is 0.165 e. The van der Waals surface area contributed by atoms with E-state index in [1.807, 2.05) is 0 Å². The van der Waals surface area contributed by atoms with Crippen molar-refractivity contribution in [3.8, 4) is 0 Å². The molecule has 2 aliphatic rings. The molecule has 0 atom stereocenters. The fraction of sp³-hybridized carbons (Fsp3) is 0.929. The van der Waals surface area contributed by atoms with Crippen LogP contribution in [0.15, 0.2) is 0 Å². The van der Waals surface area contributed by atoms with Crippen LogP contribution in [0.5, 0.6) is 0 Å². The van der Waals surface area contributed by atoms with E-state index in [0.29, 0.717) is 6.04 Å². The number of aromatic nitrogens is 4. The molecule has 1 saturated carbocycles. The van der Waals surface area contributed by atoms with E-state index in [1.165, 1.54) is 58.0 Å². The molecule has 1 aromatic rings. The van der Waals surface area contributed by atoms with Gasteiger partial charge in [0, 0.05) is 0 Å². The molecule has 0 unspecified atom stereocenters. The van der Waals surface area contributed by atoms with Gasteiger partial charge in [-0.3, -0.25) is 4.90 Å². The first-order chi connectivity index (χ1) is 9.33. The molecule has 5 heteroatoms. The van der Waals surface area contributed by atoms with Crippen molar-refractivity contribution in [2.24, 2.45) is 5.92 Å². The van der Waals surface area contributed by atoms with E-state index >= 15 is 0 Å². The van der Waals surface area contributed by atoms with E-state index in [2.05, 4.69) is 32.0 Å². The first kappa shape index (κ1) is 13.0. The molecule has 1 saturated heterocycles. The number of hydrogen-bond donors (Lipinski definition) is 0. The normalized spacial score (nSPS) is 23.8. The Kier molecular flexibility index (Phi) is 4.11. The molecule has 1 aliphatic carbocycles. The summed E-state index contributed by atoms with van der Waals surface area (Å²) in [5.41, 5.74) is 0. The van der Waals surface area contributed by atoms with Crippen LogP contribution in [0.1, 0.15) is 63.7 Å². The molecule has 1 aliphatic heterocycles. The van der Waals surface area contributed by atoms with Crippen molar-refractivity contribution < 1.29 is 0 Å². The van der Waals surface area contributed by atoms with Gasteiger partial charge in [0.15, 0.2) is 5.82 Å². The monoisotopic (exact) mass is 263 g/mol. The lowest BCUT2D eigenvalue weighted by atomic mass is 9.95. The third kappa shape index (κ3) is 3.14. The zero-order valence-corrected chi connectivity index (χ0v) is 12.0. The fourth-order valence-corrected chi connectivity index (χ4v) is 3.35. The second kappa shape index (κ2) is 5.99. The SMILES string of the molecule is CC1CCN(Cc2nnnn2C2CCCCC2)CC1.